The minimum Gasteiger partial charge on any atom is -0.494 e. The first-order valence-electron chi connectivity index (χ1n) is 10.6. The summed E-state index contributed by atoms with van der Waals surface area (Å²) in [6, 6.07) is 14.6. The largest absolute Gasteiger partial charge is 0.494 e. The fourth-order valence-corrected chi connectivity index (χ4v) is 2.89. The molecule has 0 heterocycles. The quantitative estimate of drug-likeness (QED) is 0.349. The van der Waals surface area contributed by atoms with Gasteiger partial charge in [0.2, 0.25) is 0 Å². The average molecular weight is 429 g/mol. The Balaban J connectivity index is 1.81. The highest BCUT2D eigenvalue weighted by molar-refractivity contribution is 7.80. The van der Waals surface area contributed by atoms with E-state index < -0.39 is 0 Å². The third-order valence-electron chi connectivity index (χ3n) is 4.29. The molecule has 0 aliphatic heterocycles. The van der Waals surface area contributed by atoms with Crippen LogP contribution in [0, 0.1) is 5.92 Å². The molecule has 1 amide bonds. The summed E-state index contributed by atoms with van der Waals surface area (Å²) in [6.45, 7) is 7.67. The van der Waals surface area contributed by atoms with Crippen LogP contribution in [0.3, 0.4) is 0 Å². The number of hydrogen-bond donors (Lipinski definition) is 2. The van der Waals surface area contributed by atoms with Crippen molar-refractivity contribution in [3.8, 4) is 11.5 Å². The molecule has 162 valence electrons. The van der Waals surface area contributed by atoms with Gasteiger partial charge in [-0.25, -0.2) is 0 Å². The number of unbranched alkanes of at least 4 members (excludes halogenated alkanes) is 3. The van der Waals surface area contributed by atoms with Crippen molar-refractivity contribution in [1.82, 2.24) is 5.32 Å². The molecule has 2 rings (SSSR count). The zero-order chi connectivity index (χ0) is 21.8. The number of rotatable bonds is 11. The van der Waals surface area contributed by atoms with Crippen molar-refractivity contribution < 1.29 is 14.3 Å². The van der Waals surface area contributed by atoms with Gasteiger partial charge in [0.25, 0.3) is 5.91 Å². The zero-order valence-corrected chi connectivity index (χ0v) is 18.9. The Morgan fingerprint density at radius 3 is 2.47 bits per heavy atom. The van der Waals surface area contributed by atoms with E-state index in [1.807, 2.05) is 30.3 Å². The molecule has 0 saturated carbocycles. The molecule has 0 spiro atoms. The van der Waals surface area contributed by atoms with Crippen LogP contribution in [0.5, 0.6) is 11.5 Å². The summed E-state index contributed by atoms with van der Waals surface area (Å²) in [6.07, 6.45) is 4.71. The molecule has 0 saturated heterocycles. The Bertz CT molecular complexity index is 806. The first-order chi connectivity index (χ1) is 14.5. The second kappa shape index (κ2) is 12.9. The molecule has 2 N–H and O–H groups in total. The van der Waals surface area contributed by atoms with E-state index in [-0.39, 0.29) is 11.0 Å². The van der Waals surface area contributed by atoms with Crippen molar-refractivity contribution in [2.45, 2.75) is 46.5 Å². The Morgan fingerprint density at radius 2 is 1.77 bits per heavy atom. The first-order valence-corrected chi connectivity index (χ1v) is 11.0. The second-order valence-corrected chi connectivity index (χ2v) is 7.98. The summed E-state index contributed by atoms with van der Waals surface area (Å²) >= 11 is 5.27. The van der Waals surface area contributed by atoms with Gasteiger partial charge in [0, 0.05) is 11.3 Å². The highest BCUT2D eigenvalue weighted by Gasteiger charge is 2.09. The summed E-state index contributed by atoms with van der Waals surface area (Å²) in [5, 5.41) is 5.96. The SMILES string of the molecule is CCCCCCOc1ccc(NC(=S)NC(=O)c2cccc(OCC(C)C)c2)cc1. The van der Waals surface area contributed by atoms with Crippen LogP contribution in [0.25, 0.3) is 0 Å². The molecule has 2 aromatic carbocycles. The molecule has 0 bridgehead atoms. The lowest BCUT2D eigenvalue weighted by molar-refractivity contribution is 0.0977. The number of thiocarbonyl (C=S) groups is 1. The van der Waals surface area contributed by atoms with Gasteiger partial charge in [0.15, 0.2) is 5.11 Å². The van der Waals surface area contributed by atoms with E-state index in [4.69, 9.17) is 21.7 Å². The van der Waals surface area contributed by atoms with Crippen LogP contribution in [0.4, 0.5) is 5.69 Å². The number of carbonyl (C=O) groups is 1. The van der Waals surface area contributed by atoms with Crippen molar-refractivity contribution in [2.75, 3.05) is 18.5 Å². The first kappa shape index (κ1) is 23.7. The average Bonchev–Trinajstić information content (AvgIpc) is 2.73. The summed E-state index contributed by atoms with van der Waals surface area (Å²) in [4.78, 5) is 12.5. The monoisotopic (exact) mass is 428 g/mol. The predicted molar refractivity (Wildman–Crippen MR) is 127 cm³/mol. The number of hydrogen-bond acceptors (Lipinski definition) is 4. The van der Waals surface area contributed by atoms with Crippen molar-refractivity contribution in [1.29, 1.82) is 0 Å². The van der Waals surface area contributed by atoms with Gasteiger partial charge >= 0.3 is 0 Å². The summed E-state index contributed by atoms with van der Waals surface area (Å²) < 4.78 is 11.4. The highest BCUT2D eigenvalue weighted by atomic mass is 32.1. The van der Waals surface area contributed by atoms with Crippen LogP contribution >= 0.6 is 12.2 Å². The van der Waals surface area contributed by atoms with Gasteiger partial charge in [-0.2, -0.15) is 0 Å². The van der Waals surface area contributed by atoms with Gasteiger partial charge in [0.05, 0.1) is 13.2 Å². The lowest BCUT2D eigenvalue weighted by Gasteiger charge is -2.12. The van der Waals surface area contributed by atoms with E-state index in [1.54, 1.807) is 18.2 Å². The van der Waals surface area contributed by atoms with Crippen molar-refractivity contribution in [2.24, 2.45) is 5.92 Å². The van der Waals surface area contributed by atoms with Crippen LogP contribution in [-0.2, 0) is 0 Å². The maximum Gasteiger partial charge on any atom is 0.257 e. The maximum absolute atomic E-state index is 12.5. The normalized spacial score (nSPS) is 10.5. The van der Waals surface area contributed by atoms with Crippen molar-refractivity contribution >= 4 is 28.9 Å². The summed E-state index contributed by atoms with van der Waals surface area (Å²) in [5.41, 5.74) is 1.28. The van der Waals surface area contributed by atoms with Crippen molar-refractivity contribution in [3.05, 3.63) is 54.1 Å². The molecule has 6 heteroatoms. The number of carbonyl (C=O) groups excluding carboxylic acids is 1. The topological polar surface area (TPSA) is 59.6 Å². The lowest BCUT2D eigenvalue weighted by atomic mass is 10.2. The Hall–Kier alpha value is -2.60. The smallest absolute Gasteiger partial charge is 0.257 e. The molecule has 30 heavy (non-hydrogen) atoms. The van der Waals surface area contributed by atoms with E-state index in [0.717, 1.165) is 24.5 Å². The molecule has 2 aromatic rings. The van der Waals surface area contributed by atoms with Gasteiger partial charge in [-0.15, -0.1) is 0 Å². The van der Waals surface area contributed by atoms with Gasteiger partial charge in [0.1, 0.15) is 11.5 Å². The van der Waals surface area contributed by atoms with E-state index in [2.05, 4.69) is 31.4 Å². The predicted octanol–water partition coefficient (Wildman–Crippen LogP) is 5.81. The minimum absolute atomic E-state index is 0.238. The third-order valence-corrected chi connectivity index (χ3v) is 4.49. The number of nitrogens with one attached hydrogen (secondary N) is 2. The molecule has 0 aliphatic carbocycles. The number of anilines is 1. The zero-order valence-electron chi connectivity index (χ0n) is 18.1. The van der Waals surface area contributed by atoms with Crippen molar-refractivity contribution in [3.63, 3.8) is 0 Å². The van der Waals surface area contributed by atoms with Gasteiger partial charge in [-0.3, -0.25) is 10.1 Å². The molecule has 0 aromatic heterocycles. The standard InChI is InChI=1S/C24H32N2O3S/c1-4-5-6-7-15-28-21-13-11-20(12-14-21)25-24(30)26-23(27)19-9-8-10-22(16-19)29-17-18(2)3/h8-14,16,18H,4-7,15,17H2,1-3H3,(H2,25,26,27,30). The molecule has 0 unspecified atom stereocenters. The fourth-order valence-electron chi connectivity index (χ4n) is 2.68. The maximum atomic E-state index is 12.5. The Kier molecular flexibility index (Phi) is 10.1. The summed E-state index contributed by atoms with van der Waals surface area (Å²) in [5.74, 6) is 1.62. The molecular weight excluding hydrogens is 396 g/mol. The Morgan fingerprint density at radius 1 is 1.00 bits per heavy atom. The molecule has 0 fully saturated rings. The molecule has 0 atom stereocenters. The van der Waals surface area contributed by atoms with Crippen LogP contribution < -0.4 is 20.1 Å². The van der Waals surface area contributed by atoms with E-state index in [9.17, 15) is 4.79 Å². The third kappa shape index (κ3) is 8.82. The van der Waals surface area contributed by atoms with Crippen LogP contribution in [0.1, 0.15) is 56.8 Å². The fraction of sp³-hybridized carbons (Fsp3) is 0.417. The molecule has 0 aliphatic rings. The molecule has 5 nitrogen and oxygen atoms in total. The number of ether oxygens (including phenoxy) is 2. The second-order valence-electron chi connectivity index (χ2n) is 7.57. The number of amides is 1. The van der Waals surface area contributed by atoms with Gasteiger partial charge < -0.3 is 14.8 Å². The van der Waals surface area contributed by atoms with E-state index in [0.29, 0.717) is 23.8 Å². The molecular formula is C24H32N2O3S. The van der Waals surface area contributed by atoms with E-state index >= 15 is 0 Å². The Labute approximate surface area is 185 Å². The number of benzene rings is 2. The van der Waals surface area contributed by atoms with Gasteiger partial charge in [-0.1, -0.05) is 46.1 Å². The van der Waals surface area contributed by atoms with Gasteiger partial charge in [-0.05, 0) is 67.0 Å². The highest BCUT2D eigenvalue weighted by Crippen LogP contribution is 2.17. The minimum atomic E-state index is -0.283. The summed E-state index contributed by atoms with van der Waals surface area (Å²) in [7, 11) is 0. The van der Waals surface area contributed by atoms with E-state index in [1.165, 1.54) is 19.3 Å². The van der Waals surface area contributed by atoms with Crippen LogP contribution in [0.15, 0.2) is 48.5 Å². The van der Waals surface area contributed by atoms with Crippen LogP contribution in [-0.4, -0.2) is 24.2 Å². The van der Waals surface area contributed by atoms with Crippen LogP contribution in [0.2, 0.25) is 0 Å². The molecule has 0 radical (unpaired) electrons. The lowest BCUT2D eigenvalue weighted by Crippen LogP contribution is -2.34.